The highest BCUT2D eigenvalue weighted by atomic mass is 35.5. The normalized spacial score (nSPS) is 18.0. The molecule has 1 aromatic heterocycles. The first-order chi connectivity index (χ1) is 9.74. The van der Waals surface area contributed by atoms with Crippen molar-refractivity contribution in [2.24, 2.45) is 5.92 Å². The first kappa shape index (κ1) is 15.7. The van der Waals surface area contributed by atoms with E-state index in [-0.39, 0.29) is 24.2 Å². The first-order valence-electron chi connectivity index (χ1n) is 7.12. The molecule has 2 N–H and O–H groups in total. The Balaban J connectivity index is 0.00000161. The number of aryl methyl sites for hydroxylation is 1. The highest BCUT2D eigenvalue weighted by molar-refractivity contribution is 6.01. The van der Waals surface area contributed by atoms with E-state index in [4.69, 9.17) is 0 Å². The molecular formula is C16H20ClN3O. The van der Waals surface area contributed by atoms with Gasteiger partial charge in [0.1, 0.15) is 0 Å². The fraction of sp³-hybridized carbons (Fsp3) is 0.375. The summed E-state index contributed by atoms with van der Waals surface area (Å²) in [6.07, 6.45) is 2.01. The number of nitrogens with zero attached hydrogens (tertiary/aromatic N) is 1. The largest absolute Gasteiger partial charge is 0.324 e. The highest BCUT2D eigenvalue weighted by Crippen LogP contribution is 2.23. The fourth-order valence-corrected chi connectivity index (χ4v) is 2.66. The third kappa shape index (κ3) is 3.52. The number of para-hydroxylation sites is 1. The Morgan fingerprint density at radius 3 is 2.95 bits per heavy atom. The Bertz CT molecular complexity index is 638. The third-order valence-corrected chi connectivity index (χ3v) is 3.79. The van der Waals surface area contributed by atoms with Gasteiger partial charge in [-0.25, -0.2) is 0 Å². The molecular weight excluding hydrogens is 286 g/mol. The van der Waals surface area contributed by atoms with Crippen molar-refractivity contribution in [2.75, 3.05) is 18.4 Å². The van der Waals surface area contributed by atoms with Crippen LogP contribution >= 0.6 is 12.4 Å². The molecule has 1 aliphatic heterocycles. The number of aromatic nitrogens is 1. The van der Waals surface area contributed by atoms with Gasteiger partial charge in [-0.2, -0.15) is 0 Å². The van der Waals surface area contributed by atoms with E-state index >= 15 is 0 Å². The van der Waals surface area contributed by atoms with Crippen LogP contribution in [0.1, 0.15) is 18.5 Å². The number of fused-ring (bicyclic) bond motifs is 1. The molecule has 1 atom stereocenters. The van der Waals surface area contributed by atoms with Crippen LogP contribution in [0, 0.1) is 12.8 Å². The van der Waals surface area contributed by atoms with Gasteiger partial charge in [-0.1, -0.05) is 18.2 Å². The number of amides is 1. The SMILES string of the molecule is Cc1ccc2cccc(NC(=O)[C@@H]3CCCNC3)c2n1.Cl. The number of hydrogen-bond acceptors (Lipinski definition) is 3. The van der Waals surface area contributed by atoms with Crippen molar-refractivity contribution in [2.45, 2.75) is 19.8 Å². The molecule has 1 amide bonds. The fourth-order valence-electron chi connectivity index (χ4n) is 2.66. The summed E-state index contributed by atoms with van der Waals surface area (Å²) >= 11 is 0. The molecule has 2 heterocycles. The molecule has 1 fully saturated rings. The summed E-state index contributed by atoms with van der Waals surface area (Å²) in [5.74, 6) is 0.150. The summed E-state index contributed by atoms with van der Waals surface area (Å²) in [5.41, 5.74) is 2.63. The van der Waals surface area contributed by atoms with Crippen LogP contribution in [0.15, 0.2) is 30.3 Å². The van der Waals surface area contributed by atoms with Crippen molar-refractivity contribution < 1.29 is 4.79 Å². The lowest BCUT2D eigenvalue weighted by Gasteiger charge is -2.22. The average Bonchev–Trinajstić information content (AvgIpc) is 2.49. The Hall–Kier alpha value is -1.65. The van der Waals surface area contributed by atoms with Crippen LogP contribution in [0.5, 0.6) is 0 Å². The highest BCUT2D eigenvalue weighted by Gasteiger charge is 2.21. The molecule has 1 aliphatic rings. The Morgan fingerprint density at radius 2 is 2.19 bits per heavy atom. The van der Waals surface area contributed by atoms with Crippen LogP contribution < -0.4 is 10.6 Å². The Kier molecular flexibility index (Phi) is 5.15. The molecule has 2 aromatic rings. The van der Waals surface area contributed by atoms with E-state index in [2.05, 4.69) is 15.6 Å². The van der Waals surface area contributed by atoms with Crippen molar-refractivity contribution in [1.82, 2.24) is 10.3 Å². The molecule has 0 bridgehead atoms. The number of halogens is 1. The summed E-state index contributed by atoms with van der Waals surface area (Å²) in [5, 5.41) is 7.36. The Morgan fingerprint density at radius 1 is 1.33 bits per heavy atom. The van der Waals surface area contributed by atoms with Crippen molar-refractivity contribution >= 4 is 34.9 Å². The zero-order valence-electron chi connectivity index (χ0n) is 12.1. The second-order valence-electron chi connectivity index (χ2n) is 5.36. The van der Waals surface area contributed by atoms with Gasteiger partial charge in [-0.05, 0) is 38.4 Å². The van der Waals surface area contributed by atoms with Crippen LogP contribution in [-0.4, -0.2) is 24.0 Å². The molecule has 21 heavy (non-hydrogen) atoms. The minimum atomic E-state index is 0. The van der Waals surface area contributed by atoms with Gasteiger partial charge in [0.15, 0.2) is 0 Å². The predicted octanol–water partition coefficient (Wildman–Crippen LogP) is 2.90. The van der Waals surface area contributed by atoms with Crippen LogP contribution in [0.3, 0.4) is 0 Å². The standard InChI is InChI=1S/C16H19N3O.ClH/c1-11-7-8-12-4-2-6-14(15(12)18-11)19-16(20)13-5-3-9-17-10-13;/h2,4,6-8,13,17H,3,5,9-10H2,1H3,(H,19,20);1H/t13-;/m1./s1. The maximum atomic E-state index is 12.3. The van der Waals surface area contributed by atoms with Gasteiger partial charge in [0.25, 0.3) is 0 Å². The molecule has 0 spiro atoms. The maximum absolute atomic E-state index is 12.3. The summed E-state index contributed by atoms with van der Waals surface area (Å²) in [7, 11) is 0. The van der Waals surface area contributed by atoms with Gasteiger partial charge < -0.3 is 10.6 Å². The number of carbonyl (C=O) groups is 1. The van der Waals surface area contributed by atoms with Gasteiger partial charge in [0, 0.05) is 17.6 Å². The lowest BCUT2D eigenvalue weighted by atomic mass is 9.98. The first-order valence-corrected chi connectivity index (χ1v) is 7.12. The second-order valence-corrected chi connectivity index (χ2v) is 5.36. The smallest absolute Gasteiger partial charge is 0.228 e. The summed E-state index contributed by atoms with van der Waals surface area (Å²) < 4.78 is 0. The minimum Gasteiger partial charge on any atom is -0.324 e. The van der Waals surface area contributed by atoms with Crippen LogP contribution in [0.2, 0.25) is 0 Å². The quantitative estimate of drug-likeness (QED) is 0.897. The molecule has 1 aromatic carbocycles. The molecule has 112 valence electrons. The number of anilines is 1. The van der Waals surface area contributed by atoms with Crippen LogP contribution in [-0.2, 0) is 4.79 Å². The molecule has 5 heteroatoms. The summed E-state index contributed by atoms with van der Waals surface area (Å²) in [6, 6.07) is 9.91. The topological polar surface area (TPSA) is 54.0 Å². The van der Waals surface area contributed by atoms with Gasteiger partial charge in [-0.3, -0.25) is 9.78 Å². The zero-order chi connectivity index (χ0) is 13.9. The number of rotatable bonds is 2. The van der Waals surface area contributed by atoms with E-state index in [0.29, 0.717) is 0 Å². The van der Waals surface area contributed by atoms with E-state index < -0.39 is 0 Å². The number of nitrogens with one attached hydrogen (secondary N) is 2. The average molecular weight is 306 g/mol. The van der Waals surface area contributed by atoms with E-state index in [1.807, 2.05) is 37.3 Å². The summed E-state index contributed by atoms with van der Waals surface area (Å²) in [6.45, 7) is 3.74. The predicted molar refractivity (Wildman–Crippen MR) is 88.0 cm³/mol. The molecule has 0 radical (unpaired) electrons. The summed E-state index contributed by atoms with van der Waals surface area (Å²) in [4.78, 5) is 16.9. The maximum Gasteiger partial charge on any atom is 0.228 e. The van der Waals surface area contributed by atoms with E-state index in [0.717, 1.165) is 48.2 Å². The van der Waals surface area contributed by atoms with Gasteiger partial charge >= 0.3 is 0 Å². The molecule has 4 nitrogen and oxygen atoms in total. The number of carbonyl (C=O) groups excluding carboxylic acids is 1. The van der Waals surface area contributed by atoms with Crippen molar-refractivity contribution in [1.29, 1.82) is 0 Å². The molecule has 3 rings (SSSR count). The lowest BCUT2D eigenvalue weighted by Crippen LogP contribution is -2.37. The Labute approximate surface area is 130 Å². The van der Waals surface area contributed by atoms with E-state index in [1.54, 1.807) is 0 Å². The molecule has 0 unspecified atom stereocenters. The molecule has 0 aliphatic carbocycles. The van der Waals surface area contributed by atoms with E-state index in [1.165, 1.54) is 0 Å². The minimum absolute atomic E-state index is 0. The lowest BCUT2D eigenvalue weighted by molar-refractivity contribution is -0.120. The van der Waals surface area contributed by atoms with Gasteiger partial charge in [0.05, 0.1) is 17.1 Å². The zero-order valence-corrected chi connectivity index (χ0v) is 12.9. The monoisotopic (exact) mass is 305 g/mol. The number of benzene rings is 1. The van der Waals surface area contributed by atoms with Crippen molar-refractivity contribution in [3.63, 3.8) is 0 Å². The van der Waals surface area contributed by atoms with Crippen molar-refractivity contribution in [3.8, 4) is 0 Å². The van der Waals surface area contributed by atoms with Crippen LogP contribution in [0.25, 0.3) is 10.9 Å². The van der Waals surface area contributed by atoms with E-state index in [9.17, 15) is 4.79 Å². The molecule has 1 saturated heterocycles. The third-order valence-electron chi connectivity index (χ3n) is 3.79. The number of hydrogen-bond donors (Lipinski definition) is 2. The number of pyridine rings is 1. The van der Waals surface area contributed by atoms with Gasteiger partial charge in [-0.15, -0.1) is 12.4 Å². The van der Waals surface area contributed by atoms with Gasteiger partial charge in [0.2, 0.25) is 5.91 Å². The number of piperidine rings is 1. The van der Waals surface area contributed by atoms with Crippen molar-refractivity contribution in [3.05, 3.63) is 36.0 Å². The molecule has 0 saturated carbocycles. The second kappa shape index (κ2) is 6.87. The van der Waals surface area contributed by atoms with Crippen LogP contribution in [0.4, 0.5) is 5.69 Å².